The largest absolute Gasteiger partial charge is 0.493 e. The Kier molecular flexibility index (Phi) is 5.84. The van der Waals surface area contributed by atoms with Gasteiger partial charge in [0.15, 0.2) is 11.5 Å². The molecule has 1 saturated carbocycles. The van der Waals surface area contributed by atoms with Crippen molar-refractivity contribution < 1.29 is 24.1 Å². The number of nitrogens with zero attached hydrogens (tertiary/aromatic N) is 1. The van der Waals surface area contributed by atoms with Gasteiger partial charge in [0.25, 0.3) is 0 Å². The van der Waals surface area contributed by atoms with Gasteiger partial charge in [0.2, 0.25) is 0 Å². The van der Waals surface area contributed by atoms with Gasteiger partial charge < -0.3 is 24.2 Å². The van der Waals surface area contributed by atoms with E-state index in [0.29, 0.717) is 18.8 Å². The van der Waals surface area contributed by atoms with E-state index in [0.717, 1.165) is 24.2 Å². The van der Waals surface area contributed by atoms with Crippen molar-refractivity contribution in [1.29, 1.82) is 0 Å². The molecule has 1 aromatic rings. The molecule has 2 aliphatic rings. The molecule has 27 heavy (non-hydrogen) atoms. The second-order valence-electron chi connectivity index (χ2n) is 8.02. The van der Waals surface area contributed by atoms with E-state index in [-0.39, 0.29) is 18.1 Å². The lowest BCUT2D eigenvalue weighted by atomic mass is 9.72. The lowest BCUT2D eigenvalue weighted by molar-refractivity contribution is 0.0470. The Hall–Kier alpha value is -1.95. The first-order chi connectivity index (χ1) is 12.9. The molecular weight excluding hydrogens is 346 g/mol. The highest BCUT2D eigenvalue weighted by molar-refractivity contribution is 5.68. The van der Waals surface area contributed by atoms with Gasteiger partial charge in [-0.1, -0.05) is 13.0 Å². The van der Waals surface area contributed by atoms with Gasteiger partial charge in [-0.15, -0.1) is 0 Å². The minimum atomic E-state index is -0.571. The molecule has 1 N–H and O–H groups in total. The highest BCUT2D eigenvalue weighted by Gasteiger charge is 2.48. The lowest BCUT2D eigenvalue weighted by Crippen LogP contribution is -2.38. The summed E-state index contributed by atoms with van der Waals surface area (Å²) in [6.07, 6.45) is 3.83. The average molecular weight is 377 g/mol. The molecular formula is C21H31NO5. The SMILES string of the molecule is COC(=O)N1CC(c2ccc(OC)c(OC3CCCC3)c2)[C@@](C)([C@H](C)O)C1. The topological polar surface area (TPSA) is 68.2 Å². The fraction of sp³-hybridized carbons (Fsp3) is 0.667. The molecule has 0 bridgehead atoms. The summed E-state index contributed by atoms with van der Waals surface area (Å²) >= 11 is 0. The number of rotatable bonds is 5. The summed E-state index contributed by atoms with van der Waals surface area (Å²) in [5.74, 6) is 1.44. The van der Waals surface area contributed by atoms with Crippen molar-refractivity contribution >= 4 is 6.09 Å². The summed E-state index contributed by atoms with van der Waals surface area (Å²) in [6, 6.07) is 5.94. The van der Waals surface area contributed by atoms with Gasteiger partial charge in [-0.3, -0.25) is 0 Å². The number of likely N-dealkylation sites (tertiary alicyclic amines) is 1. The third-order valence-electron chi connectivity index (χ3n) is 6.30. The van der Waals surface area contributed by atoms with E-state index in [9.17, 15) is 9.90 Å². The van der Waals surface area contributed by atoms with E-state index >= 15 is 0 Å². The van der Waals surface area contributed by atoms with E-state index < -0.39 is 11.5 Å². The van der Waals surface area contributed by atoms with Crippen LogP contribution < -0.4 is 9.47 Å². The van der Waals surface area contributed by atoms with E-state index in [1.54, 1.807) is 18.9 Å². The minimum absolute atomic E-state index is 0.0200. The van der Waals surface area contributed by atoms with Crippen LogP contribution in [0.1, 0.15) is 51.0 Å². The molecule has 1 amide bonds. The molecule has 6 heteroatoms. The second kappa shape index (κ2) is 7.97. The normalized spacial score (nSPS) is 26.9. The monoisotopic (exact) mass is 377 g/mol. The van der Waals surface area contributed by atoms with Gasteiger partial charge in [-0.05, 0) is 50.3 Å². The molecule has 0 spiro atoms. The quantitative estimate of drug-likeness (QED) is 0.850. The van der Waals surface area contributed by atoms with Gasteiger partial charge in [0.05, 0.1) is 26.4 Å². The smallest absolute Gasteiger partial charge is 0.409 e. The van der Waals surface area contributed by atoms with Crippen LogP contribution in [0.4, 0.5) is 4.79 Å². The predicted molar refractivity (Wildman–Crippen MR) is 102 cm³/mol. The number of aliphatic hydroxyl groups excluding tert-OH is 1. The maximum absolute atomic E-state index is 12.1. The van der Waals surface area contributed by atoms with Crippen molar-refractivity contribution in [2.45, 2.75) is 57.7 Å². The van der Waals surface area contributed by atoms with E-state index in [2.05, 4.69) is 0 Å². The van der Waals surface area contributed by atoms with Crippen LogP contribution >= 0.6 is 0 Å². The van der Waals surface area contributed by atoms with E-state index in [1.165, 1.54) is 20.0 Å². The van der Waals surface area contributed by atoms with Crippen LogP contribution in [0.5, 0.6) is 11.5 Å². The molecule has 0 radical (unpaired) electrons. The second-order valence-corrected chi connectivity index (χ2v) is 8.02. The van der Waals surface area contributed by atoms with Crippen molar-refractivity contribution in [1.82, 2.24) is 4.90 Å². The Balaban J connectivity index is 1.91. The van der Waals surface area contributed by atoms with Crippen LogP contribution in [0.3, 0.4) is 0 Å². The third kappa shape index (κ3) is 3.86. The first kappa shape index (κ1) is 19.8. The number of ether oxygens (including phenoxy) is 3. The third-order valence-corrected chi connectivity index (χ3v) is 6.30. The Morgan fingerprint density at radius 2 is 1.96 bits per heavy atom. The van der Waals surface area contributed by atoms with Crippen molar-refractivity contribution in [2.24, 2.45) is 5.41 Å². The van der Waals surface area contributed by atoms with Crippen molar-refractivity contribution in [3.05, 3.63) is 23.8 Å². The zero-order valence-corrected chi connectivity index (χ0v) is 16.7. The van der Waals surface area contributed by atoms with Crippen LogP contribution in [0.25, 0.3) is 0 Å². The molecule has 1 heterocycles. The van der Waals surface area contributed by atoms with Crippen LogP contribution in [0, 0.1) is 5.41 Å². The lowest BCUT2D eigenvalue weighted by Gasteiger charge is -2.33. The number of aliphatic hydroxyl groups is 1. The first-order valence-corrected chi connectivity index (χ1v) is 9.74. The number of hydrogen-bond donors (Lipinski definition) is 1. The average Bonchev–Trinajstić information content (AvgIpc) is 3.29. The standard InChI is InChI=1S/C21H31NO5/c1-14(23)21(2)13-22(20(24)26-4)12-17(21)15-9-10-18(25-3)19(11-15)27-16-7-5-6-8-16/h9-11,14,16-17,23H,5-8,12-13H2,1-4H3/t14-,17?,21+/m0/s1. The van der Waals surface area contributed by atoms with E-state index in [1.807, 2.05) is 25.1 Å². The molecule has 2 fully saturated rings. The van der Waals surface area contributed by atoms with Gasteiger partial charge in [-0.25, -0.2) is 4.79 Å². The van der Waals surface area contributed by atoms with Crippen LogP contribution in [-0.2, 0) is 4.74 Å². The maximum Gasteiger partial charge on any atom is 0.409 e. The van der Waals surface area contributed by atoms with Gasteiger partial charge >= 0.3 is 6.09 Å². The number of carbonyl (C=O) groups is 1. The molecule has 150 valence electrons. The summed E-state index contributed by atoms with van der Waals surface area (Å²) in [5, 5.41) is 10.5. The number of benzene rings is 1. The van der Waals surface area contributed by atoms with Crippen LogP contribution in [0.15, 0.2) is 18.2 Å². The highest BCUT2D eigenvalue weighted by atomic mass is 16.5. The zero-order chi connectivity index (χ0) is 19.6. The number of hydrogen-bond acceptors (Lipinski definition) is 5. The molecule has 1 aromatic carbocycles. The molecule has 0 aromatic heterocycles. The zero-order valence-electron chi connectivity index (χ0n) is 16.7. The molecule has 1 saturated heterocycles. The van der Waals surface area contributed by atoms with Gasteiger partial charge in [0, 0.05) is 24.4 Å². The summed E-state index contributed by atoms with van der Waals surface area (Å²) < 4.78 is 16.6. The van der Waals surface area contributed by atoms with Gasteiger partial charge in [-0.2, -0.15) is 0 Å². The summed E-state index contributed by atoms with van der Waals surface area (Å²) in [7, 11) is 3.03. The number of amides is 1. The highest BCUT2D eigenvalue weighted by Crippen LogP contribution is 2.47. The predicted octanol–water partition coefficient (Wildman–Crippen LogP) is 3.57. The van der Waals surface area contributed by atoms with Crippen LogP contribution in [0.2, 0.25) is 0 Å². The first-order valence-electron chi connectivity index (χ1n) is 9.74. The molecule has 1 aliphatic heterocycles. The molecule has 1 aliphatic carbocycles. The molecule has 3 atom stereocenters. The fourth-order valence-corrected chi connectivity index (χ4v) is 4.38. The van der Waals surface area contributed by atoms with Crippen LogP contribution in [-0.4, -0.2) is 55.6 Å². The van der Waals surface area contributed by atoms with Gasteiger partial charge in [0.1, 0.15) is 0 Å². The van der Waals surface area contributed by atoms with Crippen molar-refractivity contribution in [3.8, 4) is 11.5 Å². The van der Waals surface area contributed by atoms with Crippen molar-refractivity contribution in [2.75, 3.05) is 27.3 Å². The molecule has 3 rings (SSSR count). The summed E-state index contributed by atoms with van der Waals surface area (Å²) in [5.41, 5.74) is 0.575. The maximum atomic E-state index is 12.1. The molecule has 1 unspecified atom stereocenters. The number of methoxy groups -OCH3 is 2. The Bertz CT molecular complexity index is 671. The Morgan fingerprint density at radius 1 is 1.26 bits per heavy atom. The number of carbonyl (C=O) groups excluding carboxylic acids is 1. The van der Waals surface area contributed by atoms with Crippen molar-refractivity contribution in [3.63, 3.8) is 0 Å². The summed E-state index contributed by atoms with van der Waals surface area (Å²) in [4.78, 5) is 13.7. The van der Waals surface area contributed by atoms with E-state index in [4.69, 9.17) is 14.2 Å². The summed E-state index contributed by atoms with van der Waals surface area (Å²) in [6.45, 7) is 4.76. The molecule has 6 nitrogen and oxygen atoms in total. The Morgan fingerprint density at radius 3 is 2.56 bits per heavy atom. The Labute approximate surface area is 161 Å². The fourth-order valence-electron chi connectivity index (χ4n) is 4.38. The minimum Gasteiger partial charge on any atom is -0.493 e.